The first kappa shape index (κ1) is 10.5. The molecule has 0 spiro atoms. The van der Waals surface area contributed by atoms with Crippen LogP contribution in [0.4, 0.5) is 13.2 Å². The third-order valence-corrected chi connectivity index (χ3v) is 2.58. The Kier molecular flexibility index (Phi) is 2.48. The molecule has 0 amide bonds. The molecule has 84 valence electrons. The van der Waals surface area contributed by atoms with Gasteiger partial charge in [-0.1, -0.05) is 13.3 Å². The summed E-state index contributed by atoms with van der Waals surface area (Å²) in [5.41, 5.74) is -0.205. The minimum atomic E-state index is -4.27. The van der Waals surface area contributed by atoms with Gasteiger partial charge in [0.25, 0.3) is 0 Å². The first-order valence-corrected chi connectivity index (χ1v) is 5.17. The van der Waals surface area contributed by atoms with E-state index in [9.17, 15) is 13.2 Å². The molecule has 0 N–H and O–H groups in total. The second kappa shape index (κ2) is 3.54. The Hall–Kier alpha value is -1.00. The third-order valence-electron chi connectivity index (χ3n) is 2.58. The molecule has 5 heteroatoms. The summed E-state index contributed by atoms with van der Waals surface area (Å²) in [6, 6.07) is 0.211. The van der Waals surface area contributed by atoms with Crippen molar-refractivity contribution in [3.63, 3.8) is 0 Å². The van der Waals surface area contributed by atoms with E-state index < -0.39 is 11.7 Å². The summed E-state index contributed by atoms with van der Waals surface area (Å²) in [6.07, 6.45) is -0.237. The fourth-order valence-corrected chi connectivity index (χ4v) is 1.74. The SMILES string of the molecule is CCCc1c(C(F)(F)F)cnn1C1CC1. The predicted octanol–water partition coefficient (Wildman–Crippen LogP) is 3.19. The quantitative estimate of drug-likeness (QED) is 0.761. The molecular weight excluding hydrogens is 205 g/mol. The van der Waals surface area contributed by atoms with Gasteiger partial charge in [0, 0.05) is 0 Å². The van der Waals surface area contributed by atoms with Crippen LogP contribution in [0.2, 0.25) is 0 Å². The van der Waals surface area contributed by atoms with Crippen molar-refractivity contribution in [1.29, 1.82) is 0 Å². The predicted molar refractivity (Wildman–Crippen MR) is 49.5 cm³/mol. The molecule has 1 aromatic heterocycles. The summed E-state index contributed by atoms with van der Waals surface area (Å²) < 4.78 is 39.4. The van der Waals surface area contributed by atoms with Gasteiger partial charge < -0.3 is 0 Å². The second-order valence-corrected chi connectivity index (χ2v) is 3.93. The lowest BCUT2D eigenvalue weighted by Gasteiger charge is -2.09. The van der Waals surface area contributed by atoms with Gasteiger partial charge in [0.05, 0.1) is 23.5 Å². The minimum absolute atomic E-state index is 0.211. The van der Waals surface area contributed by atoms with Crippen LogP contribution in [0.15, 0.2) is 6.20 Å². The summed E-state index contributed by atoms with van der Waals surface area (Å²) in [5.74, 6) is 0. The van der Waals surface area contributed by atoms with Gasteiger partial charge in [0.1, 0.15) is 0 Å². The highest BCUT2D eigenvalue weighted by Gasteiger charge is 2.38. The molecule has 0 unspecified atom stereocenters. The van der Waals surface area contributed by atoms with E-state index in [0.29, 0.717) is 18.5 Å². The number of nitrogens with zero attached hydrogens (tertiary/aromatic N) is 2. The molecule has 1 aromatic rings. The van der Waals surface area contributed by atoms with E-state index in [1.165, 1.54) is 0 Å². The number of hydrogen-bond acceptors (Lipinski definition) is 1. The maximum atomic E-state index is 12.6. The molecule has 1 heterocycles. The topological polar surface area (TPSA) is 17.8 Å². The van der Waals surface area contributed by atoms with Crippen LogP contribution in [0.3, 0.4) is 0 Å². The normalized spacial score (nSPS) is 17.1. The molecule has 0 aliphatic heterocycles. The summed E-state index contributed by atoms with van der Waals surface area (Å²) >= 11 is 0. The lowest BCUT2D eigenvalue weighted by molar-refractivity contribution is -0.138. The highest BCUT2D eigenvalue weighted by molar-refractivity contribution is 5.22. The lowest BCUT2D eigenvalue weighted by atomic mass is 10.1. The maximum absolute atomic E-state index is 12.6. The molecule has 1 aliphatic rings. The molecule has 0 radical (unpaired) electrons. The molecule has 0 aromatic carbocycles. The maximum Gasteiger partial charge on any atom is 0.419 e. The Morgan fingerprint density at radius 2 is 2.13 bits per heavy atom. The number of hydrogen-bond donors (Lipinski definition) is 0. The average Bonchev–Trinajstić information content (AvgIpc) is 2.87. The van der Waals surface area contributed by atoms with Crippen molar-refractivity contribution in [3.05, 3.63) is 17.5 Å². The van der Waals surface area contributed by atoms with E-state index in [0.717, 1.165) is 19.0 Å². The Morgan fingerprint density at radius 1 is 1.47 bits per heavy atom. The summed E-state index contributed by atoms with van der Waals surface area (Å²) in [6.45, 7) is 1.88. The third kappa shape index (κ3) is 2.01. The van der Waals surface area contributed by atoms with Crippen molar-refractivity contribution < 1.29 is 13.2 Å². The Balaban J connectivity index is 2.37. The Morgan fingerprint density at radius 3 is 2.60 bits per heavy atom. The molecule has 0 atom stereocenters. The average molecular weight is 218 g/mol. The van der Waals surface area contributed by atoms with Crippen LogP contribution < -0.4 is 0 Å². The van der Waals surface area contributed by atoms with Crippen molar-refractivity contribution in [2.75, 3.05) is 0 Å². The second-order valence-electron chi connectivity index (χ2n) is 3.93. The van der Waals surface area contributed by atoms with Crippen molar-refractivity contribution >= 4 is 0 Å². The lowest BCUT2D eigenvalue weighted by Crippen LogP contribution is -2.10. The molecule has 1 saturated carbocycles. The summed E-state index contributed by atoms with van der Waals surface area (Å²) in [4.78, 5) is 0. The van der Waals surface area contributed by atoms with Crippen LogP contribution in [-0.2, 0) is 12.6 Å². The van der Waals surface area contributed by atoms with Crippen molar-refractivity contribution in [3.8, 4) is 0 Å². The number of alkyl halides is 3. The van der Waals surface area contributed by atoms with Gasteiger partial charge in [0.15, 0.2) is 0 Å². The van der Waals surface area contributed by atoms with Crippen molar-refractivity contribution in [1.82, 2.24) is 9.78 Å². The van der Waals surface area contributed by atoms with Crippen LogP contribution in [0, 0.1) is 0 Å². The van der Waals surface area contributed by atoms with E-state index in [2.05, 4.69) is 5.10 Å². The highest BCUT2D eigenvalue weighted by Crippen LogP contribution is 2.39. The van der Waals surface area contributed by atoms with Gasteiger partial charge in [-0.3, -0.25) is 4.68 Å². The molecule has 1 fully saturated rings. The van der Waals surface area contributed by atoms with E-state index in [1.807, 2.05) is 6.92 Å². The summed E-state index contributed by atoms with van der Waals surface area (Å²) in [7, 11) is 0. The zero-order valence-electron chi connectivity index (χ0n) is 8.51. The van der Waals surface area contributed by atoms with Gasteiger partial charge in [0.2, 0.25) is 0 Å². The van der Waals surface area contributed by atoms with E-state index in [-0.39, 0.29) is 6.04 Å². The van der Waals surface area contributed by atoms with E-state index in [4.69, 9.17) is 0 Å². The molecule has 0 bridgehead atoms. The van der Waals surface area contributed by atoms with Crippen LogP contribution in [0.1, 0.15) is 43.5 Å². The van der Waals surface area contributed by atoms with Gasteiger partial charge >= 0.3 is 6.18 Å². The van der Waals surface area contributed by atoms with Gasteiger partial charge in [-0.05, 0) is 19.3 Å². The van der Waals surface area contributed by atoms with E-state index in [1.54, 1.807) is 4.68 Å². The molecule has 1 aliphatic carbocycles. The number of halogens is 3. The molecular formula is C10H13F3N2. The van der Waals surface area contributed by atoms with Crippen molar-refractivity contribution in [2.24, 2.45) is 0 Å². The smallest absolute Gasteiger partial charge is 0.266 e. The summed E-state index contributed by atoms with van der Waals surface area (Å²) in [5, 5.41) is 3.86. The monoisotopic (exact) mass is 218 g/mol. The molecule has 2 rings (SSSR count). The first-order valence-electron chi connectivity index (χ1n) is 5.17. The zero-order valence-corrected chi connectivity index (χ0v) is 8.51. The van der Waals surface area contributed by atoms with Crippen LogP contribution in [-0.4, -0.2) is 9.78 Å². The zero-order chi connectivity index (χ0) is 11.1. The van der Waals surface area contributed by atoms with Gasteiger partial charge in [-0.15, -0.1) is 0 Å². The number of rotatable bonds is 3. The molecule has 0 saturated heterocycles. The standard InChI is InChI=1S/C10H13F3N2/c1-2-3-9-8(10(11,12)13)6-14-15(9)7-4-5-7/h6-7H,2-5H2,1H3. The minimum Gasteiger partial charge on any atom is -0.266 e. The fraction of sp³-hybridized carbons (Fsp3) is 0.700. The van der Waals surface area contributed by atoms with Crippen LogP contribution in [0.5, 0.6) is 0 Å². The highest BCUT2D eigenvalue weighted by atomic mass is 19.4. The van der Waals surface area contributed by atoms with Crippen LogP contribution in [0.25, 0.3) is 0 Å². The molecule has 2 nitrogen and oxygen atoms in total. The van der Waals surface area contributed by atoms with Gasteiger partial charge in [-0.2, -0.15) is 18.3 Å². The Labute approximate surface area is 86.1 Å². The van der Waals surface area contributed by atoms with Crippen molar-refractivity contribution in [2.45, 2.75) is 44.8 Å². The molecule has 15 heavy (non-hydrogen) atoms. The Bertz CT molecular complexity index is 350. The van der Waals surface area contributed by atoms with Crippen LogP contribution >= 0.6 is 0 Å². The van der Waals surface area contributed by atoms with Gasteiger partial charge in [-0.25, -0.2) is 0 Å². The first-order chi connectivity index (χ1) is 7.04. The number of aromatic nitrogens is 2. The fourth-order valence-electron chi connectivity index (χ4n) is 1.74. The largest absolute Gasteiger partial charge is 0.419 e. The van der Waals surface area contributed by atoms with E-state index >= 15 is 0 Å².